The minimum absolute atomic E-state index is 0.447. The van der Waals surface area contributed by atoms with Crippen molar-refractivity contribution >= 4 is 0 Å². The van der Waals surface area contributed by atoms with Gasteiger partial charge in [0, 0.05) is 18.8 Å². The molecule has 2 rings (SSSR count). The van der Waals surface area contributed by atoms with Crippen LogP contribution in [0.3, 0.4) is 0 Å². The fraction of sp³-hybridized carbons (Fsp3) is 1.00. The van der Waals surface area contributed by atoms with E-state index in [1.54, 1.807) is 0 Å². The number of ether oxygens (including phenoxy) is 1. The molecular formula is C13H25NO. The Morgan fingerprint density at radius 2 is 2.33 bits per heavy atom. The Balaban J connectivity index is 1.83. The number of hydrogen-bond acceptors (Lipinski definition) is 2. The van der Waals surface area contributed by atoms with Crippen molar-refractivity contribution in [3.63, 3.8) is 0 Å². The van der Waals surface area contributed by atoms with E-state index in [-0.39, 0.29) is 0 Å². The lowest BCUT2D eigenvalue weighted by Crippen LogP contribution is -2.45. The van der Waals surface area contributed by atoms with E-state index in [1.807, 2.05) is 0 Å². The van der Waals surface area contributed by atoms with Gasteiger partial charge in [0.05, 0.1) is 0 Å². The fourth-order valence-corrected chi connectivity index (χ4v) is 3.10. The Morgan fingerprint density at radius 1 is 1.47 bits per heavy atom. The minimum Gasteiger partial charge on any atom is -0.381 e. The third-order valence-electron chi connectivity index (χ3n) is 4.40. The van der Waals surface area contributed by atoms with E-state index in [0.717, 1.165) is 25.0 Å². The van der Waals surface area contributed by atoms with Crippen molar-refractivity contribution in [3.8, 4) is 0 Å². The third-order valence-corrected chi connectivity index (χ3v) is 4.40. The van der Waals surface area contributed by atoms with Crippen LogP contribution >= 0.6 is 0 Å². The van der Waals surface area contributed by atoms with Gasteiger partial charge in [0.1, 0.15) is 0 Å². The van der Waals surface area contributed by atoms with Gasteiger partial charge in [-0.3, -0.25) is 0 Å². The molecule has 0 amide bonds. The molecule has 2 aliphatic rings. The molecule has 2 saturated heterocycles. The second kappa shape index (κ2) is 4.84. The van der Waals surface area contributed by atoms with Gasteiger partial charge in [0.2, 0.25) is 0 Å². The summed E-state index contributed by atoms with van der Waals surface area (Å²) in [6.45, 7) is 7.95. The first-order valence-electron chi connectivity index (χ1n) is 6.56. The molecule has 15 heavy (non-hydrogen) atoms. The summed E-state index contributed by atoms with van der Waals surface area (Å²) >= 11 is 0. The van der Waals surface area contributed by atoms with E-state index in [1.165, 1.54) is 38.6 Å². The van der Waals surface area contributed by atoms with Crippen LogP contribution in [-0.2, 0) is 4.74 Å². The summed E-state index contributed by atoms with van der Waals surface area (Å²) in [7, 11) is 0. The lowest BCUT2D eigenvalue weighted by Gasteiger charge is -2.35. The Bertz CT molecular complexity index is 191. The maximum atomic E-state index is 5.45. The molecule has 2 heteroatoms. The van der Waals surface area contributed by atoms with E-state index >= 15 is 0 Å². The maximum absolute atomic E-state index is 5.45. The van der Waals surface area contributed by atoms with Gasteiger partial charge in [-0.1, -0.05) is 13.8 Å². The van der Waals surface area contributed by atoms with Crippen molar-refractivity contribution in [2.45, 2.75) is 51.5 Å². The highest BCUT2D eigenvalue weighted by molar-refractivity contribution is 4.95. The Hall–Kier alpha value is -0.0800. The summed E-state index contributed by atoms with van der Waals surface area (Å²) in [6, 6.07) is 0. The molecule has 1 N–H and O–H groups in total. The molecule has 0 aromatic carbocycles. The highest BCUT2D eigenvalue weighted by Crippen LogP contribution is 2.34. The summed E-state index contributed by atoms with van der Waals surface area (Å²) in [4.78, 5) is 0. The quantitative estimate of drug-likeness (QED) is 0.771. The second-order valence-corrected chi connectivity index (χ2v) is 5.61. The molecular weight excluding hydrogens is 186 g/mol. The molecule has 0 radical (unpaired) electrons. The zero-order valence-corrected chi connectivity index (χ0v) is 10.2. The average molecular weight is 211 g/mol. The minimum atomic E-state index is 0.447. The lowest BCUT2D eigenvalue weighted by molar-refractivity contribution is 0.175. The zero-order valence-electron chi connectivity index (χ0n) is 10.2. The second-order valence-electron chi connectivity index (χ2n) is 5.61. The van der Waals surface area contributed by atoms with Crippen LogP contribution in [0.5, 0.6) is 0 Å². The van der Waals surface area contributed by atoms with Crippen LogP contribution in [0.1, 0.15) is 46.0 Å². The molecule has 0 aromatic heterocycles. The van der Waals surface area contributed by atoms with E-state index in [0.29, 0.717) is 5.54 Å². The fourth-order valence-electron chi connectivity index (χ4n) is 3.10. The van der Waals surface area contributed by atoms with Gasteiger partial charge in [-0.25, -0.2) is 0 Å². The molecule has 0 bridgehead atoms. The SMILES string of the molecule is CC(C)C1(CCC2CCOC2)CCCN1. The van der Waals surface area contributed by atoms with Crippen molar-refractivity contribution in [1.82, 2.24) is 5.32 Å². The molecule has 2 aliphatic heterocycles. The smallest absolute Gasteiger partial charge is 0.0495 e. The first-order valence-corrected chi connectivity index (χ1v) is 6.56. The van der Waals surface area contributed by atoms with Gasteiger partial charge in [-0.05, 0) is 50.5 Å². The summed E-state index contributed by atoms with van der Waals surface area (Å²) < 4.78 is 5.45. The van der Waals surface area contributed by atoms with Gasteiger partial charge in [0.25, 0.3) is 0 Å². The van der Waals surface area contributed by atoms with Crippen LogP contribution in [0.25, 0.3) is 0 Å². The summed E-state index contributed by atoms with van der Waals surface area (Å²) in [5.74, 6) is 1.60. The van der Waals surface area contributed by atoms with Gasteiger partial charge in [-0.2, -0.15) is 0 Å². The van der Waals surface area contributed by atoms with Gasteiger partial charge in [-0.15, -0.1) is 0 Å². The van der Waals surface area contributed by atoms with E-state index in [9.17, 15) is 0 Å². The zero-order chi connectivity index (χ0) is 10.7. The highest BCUT2D eigenvalue weighted by Gasteiger charge is 2.36. The standard InChI is InChI=1S/C13H25NO/c1-11(2)13(6-3-8-14-13)7-4-12-5-9-15-10-12/h11-12,14H,3-10H2,1-2H3. The monoisotopic (exact) mass is 211 g/mol. The van der Waals surface area contributed by atoms with Gasteiger partial charge >= 0.3 is 0 Å². The number of hydrogen-bond donors (Lipinski definition) is 1. The van der Waals surface area contributed by atoms with Crippen LogP contribution in [-0.4, -0.2) is 25.3 Å². The Morgan fingerprint density at radius 3 is 2.87 bits per heavy atom. The molecule has 0 aliphatic carbocycles. The molecule has 2 nitrogen and oxygen atoms in total. The molecule has 0 spiro atoms. The first-order chi connectivity index (χ1) is 7.23. The predicted molar refractivity (Wildman–Crippen MR) is 63.0 cm³/mol. The molecule has 2 atom stereocenters. The van der Waals surface area contributed by atoms with Crippen molar-refractivity contribution in [2.75, 3.05) is 19.8 Å². The van der Waals surface area contributed by atoms with E-state index in [2.05, 4.69) is 19.2 Å². The molecule has 0 saturated carbocycles. The third kappa shape index (κ3) is 2.54. The maximum Gasteiger partial charge on any atom is 0.0495 e. The van der Waals surface area contributed by atoms with Crippen LogP contribution in [0, 0.1) is 11.8 Å². The molecule has 2 unspecified atom stereocenters. The van der Waals surface area contributed by atoms with E-state index in [4.69, 9.17) is 4.74 Å². The molecule has 0 aromatic rings. The molecule has 2 heterocycles. The first kappa shape index (κ1) is 11.4. The Kier molecular flexibility index (Phi) is 3.68. The summed E-state index contributed by atoms with van der Waals surface area (Å²) in [6.07, 6.45) is 6.72. The van der Waals surface area contributed by atoms with Crippen LogP contribution in [0.15, 0.2) is 0 Å². The normalized spacial score (nSPS) is 36.6. The lowest BCUT2D eigenvalue weighted by atomic mass is 9.79. The number of rotatable bonds is 4. The van der Waals surface area contributed by atoms with Crippen LogP contribution < -0.4 is 5.32 Å². The predicted octanol–water partition coefficient (Wildman–Crippen LogP) is 2.58. The summed E-state index contributed by atoms with van der Waals surface area (Å²) in [5, 5.41) is 3.75. The van der Waals surface area contributed by atoms with Crippen molar-refractivity contribution in [2.24, 2.45) is 11.8 Å². The summed E-state index contributed by atoms with van der Waals surface area (Å²) in [5.41, 5.74) is 0.447. The van der Waals surface area contributed by atoms with Crippen molar-refractivity contribution < 1.29 is 4.74 Å². The molecule has 2 fully saturated rings. The Labute approximate surface area is 93.8 Å². The number of nitrogens with one attached hydrogen (secondary N) is 1. The van der Waals surface area contributed by atoms with Crippen LogP contribution in [0.4, 0.5) is 0 Å². The topological polar surface area (TPSA) is 21.3 Å². The largest absolute Gasteiger partial charge is 0.381 e. The van der Waals surface area contributed by atoms with Crippen molar-refractivity contribution in [3.05, 3.63) is 0 Å². The van der Waals surface area contributed by atoms with Crippen LogP contribution in [0.2, 0.25) is 0 Å². The van der Waals surface area contributed by atoms with Gasteiger partial charge < -0.3 is 10.1 Å². The molecule has 88 valence electrons. The van der Waals surface area contributed by atoms with Gasteiger partial charge in [0.15, 0.2) is 0 Å². The average Bonchev–Trinajstić information content (AvgIpc) is 2.87. The van der Waals surface area contributed by atoms with E-state index < -0.39 is 0 Å². The van der Waals surface area contributed by atoms with Crippen molar-refractivity contribution in [1.29, 1.82) is 0 Å². The highest BCUT2D eigenvalue weighted by atomic mass is 16.5.